The third-order valence-electron chi connectivity index (χ3n) is 8.49. The number of rotatable bonds is 3. The van der Waals surface area contributed by atoms with Crippen LogP contribution in [0.2, 0.25) is 0 Å². The molecule has 150 valence electrons. The van der Waals surface area contributed by atoms with E-state index in [0.29, 0.717) is 17.8 Å². The fourth-order valence-electron chi connectivity index (χ4n) is 7.03. The lowest BCUT2D eigenvalue weighted by Crippen LogP contribution is -2.52. The zero-order chi connectivity index (χ0) is 19.6. The number of ether oxygens (including phenoxy) is 1. The van der Waals surface area contributed by atoms with Crippen LogP contribution in [-0.2, 0) is 9.53 Å². The van der Waals surface area contributed by atoms with Crippen LogP contribution in [-0.4, -0.2) is 49.6 Å². The fourth-order valence-corrected chi connectivity index (χ4v) is 7.03. The van der Waals surface area contributed by atoms with Gasteiger partial charge in [-0.05, 0) is 81.5 Å². The van der Waals surface area contributed by atoms with Crippen molar-refractivity contribution in [1.82, 2.24) is 4.90 Å². The number of aliphatic hydroxyl groups excluding tert-OH is 1. The molecular weight excluding hydrogens is 338 g/mol. The molecule has 2 fully saturated rings. The number of aliphatic hydroxyl groups is 1. The van der Waals surface area contributed by atoms with Gasteiger partial charge in [0.2, 0.25) is 0 Å². The maximum atomic E-state index is 12.8. The number of carbonyl (C=O) groups is 1. The molecule has 2 saturated carbocycles. The van der Waals surface area contributed by atoms with Gasteiger partial charge in [-0.3, -0.25) is 4.79 Å². The molecule has 0 heterocycles. The van der Waals surface area contributed by atoms with Gasteiger partial charge in [0.05, 0.1) is 13.2 Å². The van der Waals surface area contributed by atoms with Crippen LogP contribution in [0.25, 0.3) is 0 Å². The van der Waals surface area contributed by atoms with Gasteiger partial charge in [0, 0.05) is 23.5 Å². The minimum atomic E-state index is -0.179. The fraction of sp³-hybridized carbons (Fsp3) is 0.783. The van der Waals surface area contributed by atoms with Crippen LogP contribution in [0.4, 0.5) is 0 Å². The van der Waals surface area contributed by atoms with E-state index in [4.69, 9.17) is 4.74 Å². The first-order valence-electron chi connectivity index (χ1n) is 10.6. The quantitative estimate of drug-likeness (QED) is 0.824. The molecule has 4 rings (SSSR count). The van der Waals surface area contributed by atoms with Crippen LogP contribution in [0.3, 0.4) is 0 Å². The third kappa shape index (κ3) is 2.74. The zero-order valence-electron chi connectivity index (χ0n) is 17.5. The van der Waals surface area contributed by atoms with Crippen LogP contribution in [0.1, 0.15) is 46.0 Å². The molecule has 0 saturated heterocycles. The second kappa shape index (κ2) is 6.45. The van der Waals surface area contributed by atoms with Crippen molar-refractivity contribution in [3.05, 3.63) is 23.5 Å². The van der Waals surface area contributed by atoms with Crippen molar-refractivity contribution in [2.24, 2.45) is 34.5 Å². The predicted octanol–water partition coefficient (Wildman–Crippen LogP) is 3.42. The average Bonchev–Trinajstić information content (AvgIpc) is 2.90. The number of hydrogen-bond acceptors (Lipinski definition) is 4. The molecule has 0 aromatic rings. The van der Waals surface area contributed by atoms with Crippen molar-refractivity contribution in [1.29, 1.82) is 0 Å². The molecule has 0 amide bonds. The molecule has 27 heavy (non-hydrogen) atoms. The highest BCUT2D eigenvalue weighted by molar-refractivity contribution is 5.94. The number of nitrogens with zero attached hydrogens (tertiary/aromatic N) is 1. The van der Waals surface area contributed by atoms with Crippen LogP contribution in [0, 0.1) is 34.5 Å². The molecule has 0 radical (unpaired) electrons. The lowest BCUT2D eigenvalue weighted by atomic mass is 9.48. The number of allylic oxidation sites excluding steroid dienone is 3. The van der Waals surface area contributed by atoms with Crippen molar-refractivity contribution in [3.63, 3.8) is 0 Å². The molecule has 4 nitrogen and oxygen atoms in total. The summed E-state index contributed by atoms with van der Waals surface area (Å²) in [5.74, 6) is 2.69. The minimum Gasteiger partial charge on any atom is -0.497 e. The molecule has 0 aromatic carbocycles. The van der Waals surface area contributed by atoms with E-state index in [1.54, 1.807) is 7.11 Å². The standard InChI is InChI=1S/C23H35NO3/c1-22-9-8-17-15(16(22)6-7-21(22)26)10-20(27-5)18-11-19(25)14(13-24(3)4)12-23(17,18)2/h10-11,14-17,21,26H,6-9,12-13H2,1-5H3/t14?,15-,16-,17-,21-,22-,23+/m0/s1. The molecule has 4 aliphatic rings. The largest absolute Gasteiger partial charge is 0.497 e. The van der Waals surface area contributed by atoms with E-state index in [1.807, 2.05) is 20.2 Å². The molecule has 0 bridgehead atoms. The van der Waals surface area contributed by atoms with Crippen molar-refractivity contribution in [2.45, 2.75) is 52.1 Å². The highest BCUT2D eigenvalue weighted by Crippen LogP contribution is 2.65. The van der Waals surface area contributed by atoms with Crippen molar-refractivity contribution in [2.75, 3.05) is 27.7 Å². The van der Waals surface area contributed by atoms with E-state index in [0.717, 1.165) is 50.0 Å². The molecule has 1 N–H and O–H groups in total. The summed E-state index contributed by atoms with van der Waals surface area (Å²) in [6.07, 6.45) is 9.15. The summed E-state index contributed by atoms with van der Waals surface area (Å²) in [6, 6.07) is 0. The van der Waals surface area contributed by atoms with Gasteiger partial charge in [0.15, 0.2) is 5.78 Å². The average molecular weight is 374 g/mol. The van der Waals surface area contributed by atoms with E-state index in [9.17, 15) is 9.90 Å². The normalized spacial score (nSPS) is 46.3. The zero-order valence-corrected chi connectivity index (χ0v) is 17.5. The lowest BCUT2D eigenvalue weighted by Gasteiger charge is -2.56. The Hall–Kier alpha value is -1.13. The van der Waals surface area contributed by atoms with Crippen LogP contribution in [0.5, 0.6) is 0 Å². The summed E-state index contributed by atoms with van der Waals surface area (Å²) in [6.45, 7) is 5.46. The molecule has 0 aliphatic heterocycles. The van der Waals surface area contributed by atoms with Gasteiger partial charge < -0.3 is 14.7 Å². The molecular formula is C23H35NO3. The molecule has 0 aromatic heterocycles. The number of fused-ring (bicyclic) bond motifs is 5. The maximum absolute atomic E-state index is 12.8. The minimum absolute atomic E-state index is 0.0196. The van der Waals surface area contributed by atoms with Gasteiger partial charge in [0.25, 0.3) is 0 Å². The molecule has 4 aliphatic carbocycles. The molecule has 7 atom stereocenters. The summed E-state index contributed by atoms with van der Waals surface area (Å²) in [5.41, 5.74) is 1.13. The van der Waals surface area contributed by atoms with E-state index < -0.39 is 0 Å². The van der Waals surface area contributed by atoms with Gasteiger partial charge >= 0.3 is 0 Å². The first kappa shape index (κ1) is 19.2. The third-order valence-corrected chi connectivity index (χ3v) is 8.49. The van der Waals surface area contributed by atoms with E-state index in [-0.39, 0.29) is 28.6 Å². The summed E-state index contributed by atoms with van der Waals surface area (Å²) >= 11 is 0. The van der Waals surface area contributed by atoms with E-state index in [2.05, 4.69) is 24.8 Å². The second-order valence-corrected chi connectivity index (χ2v) is 10.2. The lowest BCUT2D eigenvalue weighted by molar-refractivity contribution is -0.122. The molecule has 4 heteroatoms. The number of hydrogen-bond donors (Lipinski definition) is 1. The van der Waals surface area contributed by atoms with Crippen molar-refractivity contribution >= 4 is 5.78 Å². The summed E-state index contributed by atoms with van der Waals surface area (Å²) in [4.78, 5) is 14.9. The summed E-state index contributed by atoms with van der Waals surface area (Å²) < 4.78 is 5.82. The Morgan fingerprint density at radius 2 is 1.96 bits per heavy atom. The first-order chi connectivity index (χ1) is 12.7. The number of methoxy groups -OCH3 is 1. The Morgan fingerprint density at radius 1 is 1.22 bits per heavy atom. The van der Waals surface area contributed by atoms with Crippen LogP contribution < -0.4 is 0 Å². The summed E-state index contributed by atoms with van der Waals surface area (Å²) in [7, 11) is 5.82. The van der Waals surface area contributed by atoms with E-state index >= 15 is 0 Å². The highest BCUT2D eigenvalue weighted by Gasteiger charge is 2.59. The highest BCUT2D eigenvalue weighted by atomic mass is 16.5. The Morgan fingerprint density at radius 3 is 2.63 bits per heavy atom. The monoisotopic (exact) mass is 373 g/mol. The van der Waals surface area contributed by atoms with Gasteiger partial charge in [-0.2, -0.15) is 0 Å². The van der Waals surface area contributed by atoms with Gasteiger partial charge in [-0.25, -0.2) is 0 Å². The van der Waals surface area contributed by atoms with Crippen molar-refractivity contribution < 1.29 is 14.6 Å². The number of carbonyl (C=O) groups excluding carboxylic acids is 1. The maximum Gasteiger partial charge on any atom is 0.160 e. The molecule has 0 spiro atoms. The van der Waals surface area contributed by atoms with Gasteiger partial charge in [0.1, 0.15) is 5.76 Å². The topological polar surface area (TPSA) is 49.8 Å². The summed E-state index contributed by atoms with van der Waals surface area (Å²) in [5, 5.41) is 10.7. The Kier molecular flexibility index (Phi) is 4.59. The number of ketones is 1. The van der Waals surface area contributed by atoms with Crippen LogP contribution in [0.15, 0.2) is 23.5 Å². The Balaban J connectivity index is 1.76. The van der Waals surface area contributed by atoms with Crippen molar-refractivity contribution in [3.8, 4) is 0 Å². The molecule has 1 unspecified atom stereocenters. The SMILES string of the molecule is COC1=C[C@H]2[C@@H]3CC[C@H](O)[C@@]3(C)CC[C@@H]2[C@@]2(C)CC(CN(C)C)C(=O)C=C12. The van der Waals surface area contributed by atoms with Gasteiger partial charge in [-0.15, -0.1) is 0 Å². The smallest absolute Gasteiger partial charge is 0.160 e. The predicted molar refractivity (Wildman–Crippen MR) is 106 cm³/mol. The van der Waals surface area contributed by atoms with E-state index in [1.165, 1.54) is 0 Å². The van der Waals surface area contributed by atoms with Gasteiger partial charge in [-0.1, -0.05) is 13.8 Å². The Bertz CT molecular complexity index is 696. The Labute approximate surface area is 163 Å². The first-order valence-corrected chi connectivity index (χ1v) is 10.6. The van der Waals surface area contributed by atoms with Crippen LogP contribution >= 0.6 is 0 Å². The second-order valence-electron chi connectivity index (χ2n) is 10.2.